The monoisotopic (exact) mass is 286 g/mol. The molecule has 0 saturated carbocycles. The van der Waals surface area contributed by atoms with Crippen LogP contribution in [0.4, 0.5) is 0 Å². The van der Waals surface area contributed by atoms with E-state index in [-0.39, 0.29) is 0 Å². The molecule has 0 fully saturated rings. The van der Waals surface area contributed by atoms with Gasteiger partial charge in [0.05, 0.1) is 12.2 Å². The molecule has 0 bridgehead atoms. The van der Waals surface area contributed by atoms with Crippen LogP contribution in [0.15, 0.2) is 0 Å². The summed E-state index contributed by atoms with van der Waals surface area (Å²) in [5.41, 5.74) is 0. The molecule has 0 heterocycles. The molecule has 2 heteroatoms. The molecule has 0 unspecified atom stereocenters. The number of unbranched alkanes of at least 4 members (excludes halogenated alkanes) is 12. The third-order valence-corrected chi connectivity index (χ3v) is 4.16. The van der Waals surface area contributed by atoms with Crippen molar-refractivity contribution in [3.8, 4) is 0 Å². The third-order valence-electron chi connectivity index (χ3n) is 4.16. The molecule has 0 aliphatic heterocycles. The predicted molar refractivity (Wildman–Crippen MR) is 88.0 cm³/mol. The fourth-order valence-corrected chi connectivity index (χ4v) is 2.61. The molecule has 0 aliphatic rings. The largest absolute Gasteiger partial charge is 0.391 e. The van der Waals surface area contributed by atoms with Crippen molar-refractivity contribution in [1.82, 2.24) is 0 Å². The van der Waals surface area contributed by atoms with Crippen LogP contribution in [-0.4, -0.2) is 22.4 Å². The summed E-state index contributed by atoms with van der Waals surface area (Å²) in [5.74, 6) is 0. The van der Waals surface area contributed by atoms with Crippen LogP contribution in [0.25, 0.3) is 0 Å². The lowest BCUT2D eigenvalue weighted by atomic mass is 10.0. The van der Waals surface area contributed by atoms with E-state index >= 15 is 0 Å². The molecular weight excluding hydrogens is 248 g/mol. The topological polar surface area (TPSA) is 40.5 Å². The highest BCUT2D eigenvalue weighted by Crippen LogP contribution is 2.13. The van der Waals surface area contributed by atoms with Crippen LogP contribution in [0, 0.1) is 0 Å². The van der Waals surface area contributed by atoms with Crippen molar-refractivity contribution in [3.63, 3.8) is 0 Å². The average molecular weight is 286 g/mol. The van der Waals surface area contributed by atoms with Gasteiger partial charge in [-0.1, -0.05) is 90.4 Å². The summed E-state index contributed by atoms with van der Waals surface area (Å²) in [6.45, 7) is 3.93. The molecule has 0 saturated heterocycles. The maximum atomic E-state index is 9.45. The smallest absolute Gasteiger partial charge is 0.0796 e. The van der Waals surface area contributed by atoms with Gasteiger partial charge < -0.3 is 10.2 Å². The van der Waals surface area contributed by atoms with Gasteiger partial charge in [0.25, 0.3) is 0 Å². The van der Waals surface area contributed by atoms with E-state index < -0.39 is 12.2 Å². The van der Waals surface area contributed by atoms with Gasteiger partial charge in [0.15, 0.2) is 0 Å². The van der Waals surface area contributed by atoms with E-state index in [9.17, 15) is 5.11 Å². The maximum absolute atomic E-state index is 9.45. The highest BCUT2D eigenvalue weighted by atomic mass is 16.3. The Hall–Kier alpha value is -0.0800. The molecule has 2 N–H and O–H groups in total. The standard InChI is InChI=1S/C18H38O2/c1-3-4-5-6-7-8-9-10-11-12-13-14-15-16-18(20)17(2)19/h17-20H,3-16H2,1-2H3/t17-,18+/m0/s1. The van der Waals surface area contributed by atoms with Gasteiger partial charge in [0.1, 0.15) is 0 Å². The van der Waals surface area contributed by atoms with Crippen LogP contribution >= 0.6 is 0 Å². The van der Waals surface area contributed by atoms with Gasteiger partial charge in [-0.05, 0) is 13.3 Å². The highest BCUT2D eigenvalue weighted by molar-refractivity contribution is 4.61. The Morgan fingerprint density at radius 2 is 0.950 bits per heavy atom. The fraction of sp³-hybridized carbons (Fsp3) is 1.00. The molecule has 0 radical (unpaired) electrons. The molecule has 0 aliphatic carbocycles. The zero-order valence-corrected chi connectivity index (χ0v) is 13.9. The van der Waals surface area contributed by atoms with Crippen LogP contribution in [-0.2, 0) is 0 Å². The molecule has 0 aromatic heterocycles. The van der Waals surface area contributed by atoms with E-state index in [4.69, 9.17) is 5.11 Å². The van der Waals surface area contributed by atoms with E-state index in [1.165, 1.54) is 77.0 Å². The van der Waals surface area contributed by atoms with Crippen LogP contribution < -0.4 is 0 Å². The highest BCUT2D eigenvalue weighted by Gasteiger charge is 2.09. The molecule has 0 aromatic rings. The summed E-state index contributed by atoms with van der Waals surface area (Å²) in [4.78, 5) is 0. The number of aliphatic hydroxyl groups is 2. The predicted octanol–water partition coefficient (Wildman–Crippen LogP) is 5.21. The fourth-order valence-electron chi connectivity index (χ4n) is 2.61. The molecule has 0 spiro atoms. The van der Waals surface area contributed by atoms with E-state index in [0.717, 1.165) is 12.8 Å². The summed E-state index contributed by atoms with van der Waals surface area (Å²) in [7, 11) is 0. The van der Waals surface area contributed by atoms with E-state index in [1.807, 2.05) is 0 Å². The van der Waals surface area contributed by atoms with Crippen molar-refractivity contribution >= 4 is 0 Å². The molecule has 0 aromatic carbocycles. The van der Waals surface area contributed by atoms with Gasteiger partial charge in [-0.3, -0.25) is 0 Å². The summed E-state index contributed by atoms with van der Waals surface area (Å²) in [6, 6.07) is 0. The van der Waals surface area contributed by atoms with Gasteiger partial charge in [0, 0.05) is 0 Å². The van der Waals surface area contributed by atoms with Crippen LogP contribution in [0.5, 0.6) is 0 Å². The van der Waals surface area contributed by atoms with E-state index in [0.29, 0.717) is 0 Å². The van der Waals surface area contributed by atoms with Crippen molar-refractivity contribution in [1.29, 1.82) is 0 Å². The van der Waals surface area contributed by atoms with E-state index in [2.05, 4.69) is 6.92 Å². The Kier molecular flexibility index (Phi) is 15.3. The van der Waals surface area contributed by atoms with Crippen molar-refractivity contribution in [2.75, 3.05) is 0 Å². The first kappa shape index (κ1) is 19.9. The lowest BCUT2D eigenvalue weighted by molar-refractivity contribution is 0.0247. The Bertz CT molecular complexity index is 180. The van der Waals surface area contributed by atoms with Gasteiger partial charge >= 0.3 is 0 Å². The first-order valence-corrected chi connectivity index (χ1v) is 9.04. The van der Waals surface area contributed by atoms with Gasteiger partial charge in [-0.15, -0.1) is 0 Å². The molecule has 0 amide bonds. The normalized spacial score (nSPS) is 14.4. The number of aliphatic hydroxyl groups excluding tert-OH is 2. The Balaban J connectivity index is 3.03. The Morgan fingerprint density at radius 3 is 1.30 bits per heavy atom. The van der Waals surface area contributed by atoms with Gasteiger partial charge in [-0.25, -0.2) is 0 Å². The summed E-state index contributed by atoms with van der Waals surface area (Å²) >= 11 is 0. The maximum Gasteiger partial charge on any atom is 0.0796 e. The van der Waals surface area contributed by atoms with Crippen molar-refractivity contribution in [2.24, 2.45) is 0 Å². The van der Waals surface area contributed by atoms with Crippen molar-refractivity contribution < 1.29 is 10.2 Å². The minimum Gasteiger partial charge on any atom is -0.391 e. The van der Waals surface area contributed by atoms with Crippen molar-refractivity contribution in [2.45, 2.75) is 116 Å². The lowest BCUT2D eigenvalue weighted by Crippen LogP contribution is -2.21. The van der Waals surface area contributed by atoms with Crippen LogP contribution in [0.3, 0.4) is 0 Å². The number of hydrogen-bond acceptors (Lipinski definition) is 2. The molecule has 2 nitrogen and oxygen atoms in total. The first-order chi connectivity index (χ1) is 9.68. The molecular formula is C18H38O2. The van der Waals surface area contributed by atoms with Gasteiger partial charge in [-0.2, -0.15) is 0 Å². The van der Waals surface area contributed by atoms with E-state index in [1.54, 1.807) is 6.92 Å². The average Bonchev–Trinajstić information content (AvgIpc) is 2.43. The third kappa shape index (κ3) is 14.3. The number of rotatable bonds is 15. The number of hydrogen-bond donors (Lipinski definition) is 2. The zero-order chi connectivity index (χ0) is 15.1. The summed E-state index contributed by atoms with van der Waals surface area (Å²) in [5, 5.41) is 18.6. The molecule has 2 atom stereocenters. The van der Waals surface area contributed by atoms with Crippen LogP contribution in [0.2, 0.25) is 0 Å². The van der Waals surface area contributed by atoms with Crippen molar-refractivity contribution in [3.05, 3.63) is 0 Å². The summed E-state index contributed by atoms with van der Waals surface area (Å²) < 4.78 is 0. The quantitative estimate of drug-likeness (QED) is 0.406. The van der Waals surface area contributed by atoms with Crippen LogP contribution in [0.1, 0.15) is 104 Å². The Labute approximate surface area is 127 Å². The second-order valence-corrected chi connectivity index (χ2v) is 6.34. The molecule has 122 valence electrons. The first-order valence-electron chi connectivity index (χ1n) is 9.04. The Morgan fingerprint density at radius 1 is 0.600 bits per heavy atom. The second kappa shape index (κ2) is 15.3. The minimum atomic E-state index is -0.577. The minimum absolute atomic E-state index is 0.525. The zero-order valence-electron chi connectivity index (χ0n) is 13.9. The van der Waals surface area contributed by atoms with Gasteiger partial charge in [0.2, 0.25) is 0 Å². The molecule has 20 heavy (non-hydrogen) atoms. The summed E-state index contributed by atoms with van der Waals surface area (Å²) in [6.07, 6.45) is 17.1. The second-order valence-electron chi connectivity index (χ2n) is 6.34. The SMILES string of the molecule is CCCCCCCCCCCCCCC[C@@H](O)[C@H](C)O. The lowest BCUT2D eigenvalue weighted by Gasteiger charge is -2.12. The molecule has 0 rings (SSSR count).